The van der Waals surface area contributed by atoms with Crippen molar-refractivity contribution in [2.24, 2.45) is 11.7 Å². The molecule has 0 bridgehead atoms. The van der Waals surface area contributed by atoms with Crippen LogP contribution < -0.4 is 20.5 Å². The standard InChI is InChI=1S/C16H24N2O3/c1-4-13(18-16(19)10(2)11(3)17)12-5-6-14-15(9-12)21-8-7-20-14/h5-6,9-11,13H,4,7-8,17H2,1-3H3,(H,18,19). The first-order valence-electron chi connectivity index (χ1n) is 7.48. The van der Waals surface area contributed by atoms with Gasteiger partial charge in [-0.1, -0.05) is 19.9 Å². The van der Waals surface area contributed by atoms with E-state index >= 15 is 0 Å². The van der Waals surface area contributed by atoms with Gasteiger partial charge in [-0.3, -0.25) is 4.79 Å². The van der Waals surface area contributed by atoms with Crippen molar-refractivity contribution in [1.82, 2.24) is 5.32 Å². The van der Waals surface area contributed by atoms with E-state index in [0.717, 1.165) is 23.5 Å². The van der Waals surface area contributed by atoms with Crippen molar-refractivity contribution in [2.75, 3.05) is 13.2 Å². The first-order chi connectivity index (χ1) is 10.0. The Morgan fingerprint density at radius 3 is 2.57 bits per heavy atom. The number of nitrogens with two attached hydrogens (primary N) is 1. The van der Waals surface area contributed by atoms with Gasteiger partial charge in [0.05, 0.1) is 6.04 Å². The number of amides is 1. The molecule has 0 aromatic heterocycles. The summed E-state index contributed by atoms with van der Waals surface area (Å²) in [6.45, 7) is 6.86. The first kappa shape index (κ1) is 15.6. The molecule has 1 aliphatic heterocycles. The first-order valence-corrected chi connectivity index (χ1v) is 7.48. The third kappa shape index (κ3) is 3.67. The van der Waals surface area contributed by atoms with Gasteiger partial charge < -0.3 is 20.5 Å². The predicted octanol–water partition coefficient (Wildman–Crippen LogP) is 2.01. The second-order valence-electron chi connectivity index (χ2n) is 5.52. The molecule has 0 fully saturated rings. The molecule has 1 aromatic carbocycles. The van der Waals surface area contributed by atoms with Crippen LogP contribution in [0.1, 0.15) is 38.8 Å². The molecular weight excluding hydrogens is 268 g/mol. The Kier molecular flexibility index (Phi) is 5.07. The molecule has 3 atom stereocenters. The number of hydrogen-bond donors (Lipinski definition) is 2. The van der Waals surface area contributed by atoms with Gasteiger partial charge in [-0.2, -0.15) is 0 Å². The van der Waals surface area contributed by atoms with Gasteiger partial charge in [0.1, 0.15) is 13.2 Å². The molecule has 3 unspecified atom stereocenters. The Labute approximate surface area is 125 Å². The van der Waals surface area contributed by atoms with Gasteiger partial charge in [0, 0.05) is 12.0 Å². The quantitative estimate of drug-likeness (QED) is 0.870. The lowest BCUT2D eigenvalue weighted by molar-refractivity contribution is -0.125. The number of benzene rings is 1. The highest BCUT2D eigenvalue weighted by Crippen LogP contribution is 2.33. The van der Waals surface area contributed by atoms with Gasteiger partial charge >= 0.3 is 0 Å². The van der Waals surface area contributed by atoms with Crippen molar-refractivity contribution in [3.8, 4) is 11.5 Å². The fraction of sp³-hybridized carbons (Fsp3) is 0.562. The monoisotopic (exact) mass is 292 g/mol. The smallest absolute Gasteiger partial charge is 0.224 e. The van der Waals surface area contributed by atoms with Gasteiger partial charge in [0.15, 0.2) is 11.5 Å². The van der Waals surface area contributed by atoms with Crippen LogP contribution in [-0.4, -0.2) is 25.2 Å². The van der Waals surface area contributed by atoms with Crippen LogP contribution in [0.25, 0.3) is 0 Å². The lowest BCUT2D eigenvalue weighted by Crippen LogP contribution is -2.40. The Morgan fingerprint density at radius 1 is 1.29 bits per heavy atom. The van der Waals surface area contributed by atoms with E-state index in [1.807, 2.05) is 39.0 Å². The van der Waals surface area contributed by atoms with E-state index in [2.05, 4.69) is 5.32 Å². The Morgan fingerprint density at radius 2 is 1.95 bits per heavy atom. The molecule has 0 saturated carbocycles. The van der Waals surface area contributed by atoms with Gasteiger partial charge in [-0.05, 0) is 31.0 Å². The minimum atomic E-state index is -0.212. The molecular formula is C16H24N2O3. The summed E-state index contributed by atoms with van der Waals surface area (Å²) in [6, 6.07) is 5.60. The maximum Gasteiger partial charge on any atom is 0.224 e. The number of rotatable bonds is 5. The van der Waals surface area contributed by atoms with Crippen molar-refractivity contribution >= 4 is 5.91 Å². The van der Waals surface area contributed by atoms with E-state index in [4.69, 9.17) is 15.2 Å². The van der Waals surface area contributed by atoms with Crippen molar-refractivity contribution in [3.63, 3.8) is 0 Å². The van der Waals surface area contributed by atoms with Gasteiger partial charge in [-0.15, -0.1) is 0 Å². The molecule has 1 aliphatic rings. The van der Waals surface area contributed by atoms with Crippen LogP contribution in [0.3, 0.4) is 0 Å². The predicted molar refractivity (Wildman–Crippen MR) is 81.4 cm³/mol. The van der Waals surface area contributed by atoms with E-state index < -0.39 is 0 Å². The Bertz CT molecular complexity index is 502. The van der Waals surface area contributed by atoms with Crippen LogP contribution >= 0.6 is 0 Å². The normalized spacial score (nSPS) is 17.7. The average molecular weight is 292 g/mol. The van der Waals surface area contributed by atoms with Crippen LogP contribution in [0.4, 0.5) is 0 Å². The number of carbonyl (C=O) groups excluding carboxylic acids is 1. The second kappa shape index (κ2) is 6.80. The summed E-state index contributed by atoms with van der Waals surface area (Å²) in [6.07, 6.45) is 0.803. The summed E-state index contributed by atoms with van der Waals surface area (Å²) >= 11 is 0. The number of carbonyl (C=O) groups is 1. The van der Waals surface area contributed by atoms with Crippen molar-refractivity contribution in [2.45, 2.75) is 39.3 Å². The van der Waals surface area contributed by atoms with Crippen LogP contribution in [0, 0.1) is 5.92 Å². The fourth-order valence-corrected chi connectivity index (χ4v) is 2.24. The highest BCUT2D eigenvalue weighted by molar-refractivity contribution is 5.79. The molecule has 5 heteroatoms. The molecule has 2 rings (SSSR count). The van der Waals surface area contributed by atoms with Crippen molar-refractivity contribution in [3.05, 3.63) is 23.8 Å². The van der Waals surface area contributed by atoms with Crippen molar-refractivity contribution in [1.29, 1.82) is 0 Å². The summed E-state index contributed by atoms with van der Waals surface area (Å²) in [5.41, 5.74) is 6.81. The van der Waals surface area contributed by atoms with Crippen LogP contribution in [0.2, 0.25) is 0 Å². The number of hydrogen-bond acceptors (Lipinski definition) is 4. The maximum absolute atomic E-state index is 12.2. The van der Waals surface area contributed by atoms with E-state index in [1.165, 1.54) is 0 Å². The largest absolute Gasteiger partial charge is 0.486 e. The zero-order valence-corrected chi connectivity index (χ0v) is 12.9. The second-order valence-corrected chi connectivity index (χ2v) is 5.52. The molecule has 0 saturated heterocycles. The van der Waals surface area contributed by atoms with E-state index in [-0.39, 0.29) is 23.9 Å². The number of ether oxygens (including phenoxy) is 2. The summed E-state index contributed by atoms with van der Waals surface area (Å²) in [5, 5.41) is 3.06. The minimum Gasteiger partial charge on any atom is -0.486 e. The molecule has 0 radical (unpaired) electrons. The van der Waals surface area contributed by atoms with Gasteiger partial charge in [-0.25, -0.2) is 0 Å². The zero-order valence-electron chi connectivity index (χ0n) is 12.9. The van der Waals surface area contributed by atoms with E-state index in [0.29, 0.717) is 13.2 Å². The van der Waals surface area contributed by atoms with Gasteiger partial charge in [0.25, 0.3) is 0 Å². The van der Waals surface area contributed by atoms with Crippen LogP contribution in [0.5, 0.6) is 11.5 Å². The molecule has 1 amide bonds. The third-order valence-corrected chi connectivity index (χ3v) is 3.90. The number of nitrogens with one attached hydrogen (secondary N) is 1. The summed E-state index contributed by atoms with van der Waals surface area (Å²) < 4.78 is 11.1. The molecule has 3 N–H and O–H groups in total. The van der Waals surface area contributed by atoms with Crippen LogP contribution in [-0.2, 0) is 4.79 Å². The molecule has 116 valence electrons. The van der Waals surface area contributed by atoms with E-state index in [1.54, 1.807) is 0 Å². The Hall–Kier alpha value is -1.75. The molecule has 1 heterocycles. The lowest BCUT2D eigenvalue weighted by Gasteiger charge is -2.24. The highest BCUT2D eigenvalue weighted by atomic mass is 16.6. The van der Waals surface area contributed by atoms with Crippen LogP contribution in [0.15, 0.2) is 18.2 Å². The molecule has 5 nitrogen and oxygen atoms in total. The highest BCUT2D eigenvalue weighted by Gasteiger charge is 2.22. The molecule has 0 spiro atoms. The average Bonchev–Trinajstić information content (AvgIpc) is 2.51. The Balaban J connectivity index is 2.12. The van der Waals surface area contributed by atoms with Gasteiger partial charge in [0.2, 0.25) is 5.91 Å². The SMILES string of the molecule is CCC(NC(=O)C(C)C(C)N)c1ccc2c(c1)OCCO2. The number of fused-ring (bicyclic) bond motifs is 1. The lowest BCUT2D eigenvalue weighted by atomic mass is 10.00. The summed E-state index contributed by atoms with van der Waals surface area (Å²) in [5.74, 6) is 1.27. The van der Waals surface area contributed by atoms with Crippen molar-refractivity contribution < 1.29 is 14.3 Å². The molecule has 0 aliphatic carbocycles. The zero-order chi connectivity index (χ0) is 15.4. The fourth-order valence-electron chi connectivity index (χ4n) is 2.24. The summed E-state index contributed by atoms with van der Waals surface area (Å²) in [4.78, 5) is 12.2. The van der Waals surface area contributed by atoms with E-state index in [9.17, 15) is 4.79 Å². The maximum atomic E-state index is 12.2. The third-order valence-electron chi connectivity index (χ3n) is 3.90. The summed E-state index contributed by atoms with van der Waals surface area (Å²) in [7, 11) is 0. The molecule has 1 aromatic rings. The topological polar surface area (TPSA) is 73.6 Å². The molecule has 21 heavy (non-hydrogen) atoms. The minimum absolute atomic E-state index is 0.0215.